The van der Waals surface area contributed by atoms with E-state index in [0.717, 1.165) is 39.8 Å². The van der Waals surface area contributed by atoms with Gasteiger partial charge in [-0.15, -0.1) is 0 Å². The quantitative estimate of drug-likeness (QED) is 0.486. The van der Waals surface area contributed by atoms with Crippen LogP contribution in [0, 0.1) is 0 Å². The van der Waals surface area contributed by atoms with Crippen molar-refractivity contribution in [3.8, 4) is 0 Å². The molecule has 0 atom stereocenters. The second kappa shape index (κ2) is 12.3. The topological polar surface area (TPSA) is 24.9 Å². The Labute approximate surface area is 137 Å². The molecule has 0 spiro atoms. The SMILES string of the molecule is C(CCCCCCN1CCOC1)CCCCCN1CCOC1. The number of rotatable bonds is 13. The smallest absolute Gasteiger partial charge is 0.0991 e. The van der Waals surface area contributed by atoms with E-state index in [-0.39, 0.29) is 0 Å². The van der Waals surface area contributed by atoms with Crippen molar-refractivity contribution in [3.05, 3.63) is 0 Å². The summed E-state index contributed by atoms with van der Waals surface area (Å²) in [5, 5.41) is 0. The summed E-state index contributed by atoms with van der Waals surface area (Å²) in [6.45, 7) is 8.37. The Kier molecular flexibility index (Phi) is 10.2. The average Bonchev–Trinajstić information content (AvgIpc) is 3.21. The second-order valence-corrected chi connectivity index (χ2v) is 6.85. The largest absolute Gasteiger partial charge is 0.365 e. The zero-order valence-corrected chi connectivity index (χ0v) is 14.4. The van der Waals surface area contributed by atoms with Crippen LogP contribution in [0.1, 0.15) is 64.2 Å². The third-order valence-electron chi connectivity index (χ3n) is 4.85. The van der Waals surface area contributed by atoms with E-state index in [1.165, 1.54) is 77.3 Å². The molecule has 2 saturated heterocycles. The van der Waals surface area contributed by atoms with Gasteiger partial charge in [0.05, 0.1) is 26.7 Å². The average molecular weight is 312 g/mol. The van der Waals surface area contributed by atoms with E-state index >= 15 is 0 Å². The van der Waals surface area contributed by atoms with Crippen LogP contribution >= 0.6 is 0 Å². The Balaban J connectivity index is 1.23. The molecule has 0 aromatic heterocycles. The Morgan fingerprint density at radius 3 is 1.18 bits per heavy atom. The molecule has 0 aliphatic carbocycles. The lowest BCUT2D eigenvalue weighted by atomic mass is 10.1. The molecule has 2 rings (SSSR count). The highest BCUT2D eigenvalue weighted by atomic mass is 16.5. The van der Waals surface area contributed by atoms with Crippen LogP contribution in [0.15, 0.2) is 0 Å². The van der Waals surface area contributed by atoms with E-state index < -0.39 is 0 Å². The Morgan fingerprint density at radius 2 is 0.864 bits per heavy atom. The number of nitrogens with zero attached hydrogens (tertiary/aromatic N) is 2. The summed E-state index contributed by atoms with van der Waals surface area (Å²) in [7, 11) is 0. The first-order valence-electron chi connectivity index (χ1n) is 9.55. The molecule has 0 unspecified atom stereocenters. The molecule has 0 aromatic rings. The molecule has 22 heavy (non-hydrogen) atoms. The molecule has 2 fully saturated rings. The minimum Gasteiger partial charge on any atom is -0.365 e. The normalized spacial score (nSPS) is 20.2. The number of ether oxygens (including phenoxy) is 2. The van der Waals surface area contributed by atoms with Gasteiger partial charge in [0.1, 0.15) is 0 Å². The van der Waals surface area contributed by atoms with Gasteiger partial charge in [0.25, 0.3) is 0 Å². The van der Waals surface area contributed by atoms with Gasteiger partial charge in [0.15, 0.2) is 0 Å². The van der Waals surface area contributed by atoms with E-state index in [0.29, 0.717) is 0 Å². The number of hydrogen-bond donors (Lipinski definition) is 0. The molecule has 4 heteroatoms. The van der Waals surface area contributed by atoms with Gasteiger partial charge in [-0.3, -0.25) is 9.80 Å². The van der Waals surface area contributed by atoms with Crippen LogP contribution in [0.25, 0.3) is 0 Å². The van der Waals surface area contributed by atoms with Crippen LogP contribution in [0.2, 0.25) is 0 Å². The maximum absolute atomic E-state index is 5.35. The molecule has 4 nitrogen and oxygen atoms in total. The summed E-state index contributed by atoms with van der Waals surface area (Å²) in [5.74, 6) is 0. The Morgan fingerprint density at radius 1 is 0.500 bits per heavy atom. The predicted molar refractivity (Wildman–Crippen MR) is 91.0 cm³/mol. The van der Waals surface area contributed by atoms with Crippen molar-refractivity contribution in [2.45, 2.75) is 64.2 Å². The highest BCUT2D eigenvalue weighted by Crippen LogP contribution is 2.12. The van der Waals surface area contributed by atoms with Gasteiger partial charge in [-0.05, 0) is 12.8 Å². The first-order valence-corrected chi connectivity index (χ1v) is 9.55. The predicted octanol–water partition coefficient (Wildman–Crippen LogP) is 3.47. The van der Waals surface area contributed by atoms with Gasteiger partial charge in [-0.1, -0.05) is 51.4 Å². The summed E-state index contributed by atoms with van der Waals surface area (Å²) >= 11 is 0. The molecular weight excluding hydrogens is 276 g/mol. The highest BCUT2D eigenvalue weighted by Gasteiger charge is 2.11. The van der Waals surface area contributed by atoms with E-state index in [9.17, 15) is 0 Å². The third kappa shape index (κ3) is 8.47. The van der Waals surface area contributed by atoms with E-state index in [2.05, 4.69) is 9.80 Å². The van der Waals surface area contributed by atoms with E-state index in [4.69, 9.17) is 9.47 Å². The van der Waals surface area contributed by atoms with Crippen LogP contribution in [-0.2, 0) is 9.47 Å². The summed E-state index contributed by atoms with van der Waals surface area (Å²) in [5.41, 5.74) is 0. The third-order valence-corrected chi connectivity index (χ3v) is 4.85. The van der Waals surface area contributed by atoms with Crippen molar-refractivity contribution < 1.29 is 9.47 Å². The Hall–Kier alpha value is -0.160. The maximum atomic E-state index is 5.35. The molecule has 0 radical (unpaired) electrons. The Bertz CT molecular complexity index is 225. The molecule has 0 bridgehead atoms. The van der Waals surface area contributed by atoms with Crippen LogP contribution < -0.4 is 0 Å². The fourth-order valence-corrected chi connectivity index (χ4v) is 3.34. The summed E-state index contributed by atoms with van der Waals surface area (Å²) in [6, 6.07) is 0. The molecule has 0 amide bonds. The zero-order valence-electron chi connectivity index (χ0n) is 14.4. The van der Waals surface area contributed by atoms with Crippen LogP contribution in [0.3, 0.4) is 0 Å². The first-order chi connectivity index (χ1) is 10.9. The number of hydrogen-bond acceptors (Lipinski definition) is 4. The van der Waals surface area contributed by atoms with E-state index in [1.54, 1.807) is 0 Å². The van der Waals surface area contributed by atoms with Crippen molar-refractivity contribution in [2.24, 2.45) is 0 Å². The molecule has 0 saturated carbocycles. The molecule has 2 heterocycles. The summed E-state index contributed by atoms with van der Waals surface area (Å²) < 4.78 is 10.7. The fourth-order valence-electron chi connectivity index (χ4n) is 3.34. The lowest BCUT2D eigenvalue weighted by Crippen LogP contribution is -2.20. The minimum atomic E-state index is 0.866. The van der Waals surface area contributed by atoms with Crippen molar-refractivity contribution >= 4 is 0 Å². The van der Waals surface area contributed by atoms with Gasteiger partial charge in [-0.2, -0.15) is 0 Å². The highest BCUT2D eigenvalue weighted by molar-refractivity contribution is 4.59. The fraction of sp³-hybridized carbons (Fsp3) is 1.00. The van der Waals surface area contributed by atoms with Crippen molar-refractivity contribution in [3.63, 3.8) is 0 Å². The van der Waals surface area contributed by atoms with Crippen molar-refractivity contribution in [1.29, 1.82) is 0 Å². The van der Waals surface area contributed by atoms with Crippen molar-refractivity contribution in [2.75, 3.05) is 52.9 Å². The van der Waals surface area contributed by atoms with Crippen molar-refractivity contribution in [1.82, 2.24) is 9.80 Å². The second-order valence-electron chi connectivity index (χ2n) is 6.85. The molecule has 2 aliphatic rings. The molecule has 0 aromatic carbocycles. The van der Waals surface area contributed by atoms with Gasteiger partial charge in [0, 0.05) is 26.2 Å². The van der Waals surface area contributed by atoms with Gasteiger partial charge < -0.3 is 9.47 Å². The molecule has 130 valence electrons. The molecule has 0 N–H and O–H groups in total. The summed E-state index contributed by atoms with van der Waals surface area (Å²) in [4.78, 5) is 4.85. The maximum Gasteiger partial charge on any atom is 0.0991 e. The lowest BCUT2D eigenvalue weighted by Gasteiger charge is -2.12. The van der Waals surface area contributed by atoms with Gasteiger partial charge in [0.2, 0.25) is 0 Å². The lowest BCUT2D eigenvalue weighted by molar-refractivity contribution is 0.139. The van der Waals surface area contributed by atoms with Crippen LogP contribution in [0.4, 0.5) is 0 Å². The summed E-state index contributed by atoms with van der Waals surface area (Å²) in [6.07, 6.45) is 14.1. The zero-order chi connectivity index (χ0) is 15.3. The monoisotopic (exact) mass is 312 g/mol. The van der Waals surface area contributed by atoms with Crippen LogP contribution in [-0.4, -0.2) is 62.7 Å². The van der Waals surface area contributed by atoms with Gasteiger partial charge >= 0.3 is 0 Å². The molecular formula is C18H36N2O2. The van der Waals surface area contributed by atoms with E-state index in [1.807, 2.05) is 0 Å². The molecule has 2 aliphatic heterocycles. The number of unbranched alkanes of at least 4 members (excludes halogenated alkanes) is 9. The van der Waals surface area contributed by atoms with Crippen LogP contribution in [0.5, 0.6) is 0 Å². The minimum absolute atomic E-state index is 0.866. The van der Waals surface area contributed by atoms with Gasteiger partial charge in [-0.25, -0.2) is 0 Å². The standard InChI is InChI=1S/C18H36N2O2/c1(3-5-7-9-11-19-13-15-21-17-19)2-4-6-8-10-12-20-14-16-22-18-20/h1-18H2. The first kappa shape index (κ1) is 18.2.